The van der Waals surface area contributed by atoms with Crippen LogP contribution in [0.1, 0.15) is 68.6 Å². The number of hydrogen-bond donors (Lipinski definition) is 2. The smallest absolute Gasteiger partial charge is 0.252 e. The van der Waals surface area contributed by atoms with Crippen LogP contribution in [0.4, 0.5) is 5.82 Å². The minimum absolute atomic E-state index is 0.0342. The van der Waals surface area contributed by atoms with E-state index in [0.29, 0.717) is 5.56 Å². The van der Waals surface area contributed by atoms with Crippen LogP contribution in [0.2, 0.25) is 0 Å². The van der Waals surface area contributed by atoms with Crippen molar-refractivity contribution in [3.05, 3.63) is 23.9 Å². The first-order valence-corrected chi connectivity index (χ1v) is 8.20. The predicted molar refractivity (Wildman–Crippen MR) is 88.7 cm³/mol. The van der Waals surface area contributed by atoms with E-state index in [4.69, 9.17) is 0 Å². The lowest BCUT2D eigenvalue weighted by atomic mass is 10.1. The molecular formula is C17H29N3O. The van der Waals surface area contributed by atoms with E-state index in [1.165, 1.54) is 44.9 Å². The molecule has 0 spiro atoms. The summed E-state index contributed by atoms with van der Waals surface area (Å²) in [6.45, 7) is 2.99. The van der Waals surface area contributed by atoms with Crippen LogP contribution in [-0.2, 0) is 0 Å². The molecule has 0 atom stereocenters. The van der Waals surface area contributed by atoms with E-state index in [0.717, 1.165) is 18.8 Å². The largest absolute Gasteiger partial charge is 0.373 e. The minimum Gasteiger partial charge on any atom is -0.373 e. The molecule has 0 radical (unpaired) electrons. The molecule has 0 unspecified atom stereocenters. The minimum atomic E-state index is -0.0342. The first kappa shape index (κ1) is 17.5. The Labute approximate surface area is 128 Å². The molecule has 0 saturated heterocycles. The van der Waals surface area contributed by atoms with Gasteiger partial charge in [-0.25, -0.2) is 4.98 Å². The number of anilines is 1. The van der Waals surface area contributed by atoms with Crippen molar-refractivity contribution in [3.8, 4) is 0 Å². The molecule has 0 saturated carbocycles. The third-order valence-corrected chi connectivity index (χ3v) is 3.60. The van der Waals surface area contributed by atoms with Crippen molar-refractivity contribution in [3.63, 3.8) is 0 Å². The average Bonchev–Trinajstić information content (AvgIpc) is 2.53. The molecule has 21 heavy (non-hydrogen) atoms. The van der Waals surface area contributed by atoms with Gasteiger partial charge in [0.25, 0.3) is 5.91 Å². The molecule has 0 aromatic carbocycles. The molecule has 1 rings (SSSR count). The first-order valence-electron chi connectivity index (χ1n) is 8.20. The van der Waals surface area contributed by atoms with Gasteiger partial charge in [-0.2, -0.15) is 0 Å². The topological polar surface area (TPSA) is 54.0 Å². The van der Waals surface area contributed by atoms with E-state index in [-0.39, 0.29) is 5.91 Å². The number of rotatable bonds is 11. The highest BCUT2D eigenvalue weighted by Gasteiger charge is 2.04. The Balaban J connectivity index is 2.05. The fourth-order valence-corrected chi connectivity index (χ4v) is 2.24. The molecule has 0 bridgehead atoms. The van der Waals surface area contributed by atoms with Crippen molar-refractivity contribution >= 4 is 11.7 Å². The van der Waals surface area contributed by atoms with Crippen molar-refractivity contribution < 1.29 is 4.79 Å². The number of unbranched alkanes of at least 4 members (excludes halogenated alkanes) is 7. The summed E-state index contributed by atoms with van der Waals surface area (Å²) in [5, 5.41) is 5.88. The summed E-state index contributed by atoms with van der Waals surface area (Å²) in [5.41, 5.74) is 0.619. The monoisotopic (exact) mass is 291 g/mol. The fourth-order valence-electron chi connectivity index (χ4n) is 2.24. The third-order valence-electron chi connectivity index (χ3n) is 3.60. The van der Waals surface area contributed by atoms with Crippen LogP contribution in [0.15, 0.2) is 18.3 Å². The molecule has 0 aliphatic heterocycles. The molecule has 1 amide bonds. The lowest BCUT2D eigenvalue weighted by Gasteiger charge is -2.06. The van der Waals surface area contributed by atoms with Gasteiger partial charge < -0.3 is 10.6 Å². The van der Waals surface area contributed by atoms with Gasteiger partial charge in [0.2, 0.25) is 0 Å². The Morgan fingerprint density at radius 2 is 1.71 bits per heavy atom. The maximum Gasteiger partial charge on any atom is 0.252 e. The Morgan fingerprint density at radius 3 is 2.29 bits per heavy atom. The molecule has 0 aliphatic rings. The SMILES string of the molecule is CCCCCCCCCCNC(=O)c1ccc(NC)nc1. The van der Waals surface area contributed by atoms with E-state index in [1.54, 1.807) is 12.3 Å². The highest BCUT2D eigenvalue weighted by Crippen LogP contribution is 2.08. The van der Waals surface area contributed by atoms with E-state index < -0.39 is 0 Å². The second kappa shape index (κ2) is 11.1. The van der Waals surface area contributed by atoms with E-state index in [9.17, 15) is 4.79 Å². The number of amides is 1. The van der Waals surface area contributed by atoms with Gasteiger partial charge in [0.05, 0.1) is 5.56 Å². The lowest BCUT2D eigenvalue weighted by molar-refractivity contribution is 0.0952. The number of hydrogen-bond acceptors (Lipinski definition) is 3. The predicted octanol–water partition coefficient (Wildman–Crippen LogP) is 3.99. The number of carbonyl (C=O) groups excluding carboxylic acids is 1. The fraction of sp³-hybridized carbons (Fsp3) is 0.647. The number of aromatic nitrogens is 1. The zero-order chi connectivity index (χ0) is 15.3. The van der Waals surface area contributed by atoms with Gasteiger partial charge in [0, 0.05) is 19.8 Å². The summed E-state index contributed by atoms with van der Waals surface area (Å²) in [7, 11) is 1.81. The van der Waals surface area contributed by atoms with Crippen molar-refractivity contribution in [2.75, 3.05) is 18.9 Å². The van der Waals surface area contributed by atoms with E-state index in [1.807, 2.05) is 13.1 Å². The molecule has 4 nitrogen and oxygen atoms in total. The summed E-state index contributed by atoms with van der Waals surface area (Å²) in [4.78, 5) is 16.0. The zero-order valence-corrected chi connectivity index (χ0v) is 13.5. The van der Waals surface area contributed by atoms with Crippen molar-refractivity contribution in [2.24, 2.45) is 0 Å². The van der Waals surface area contributed by atoms with Crippen LogP contribution in [-0.4, -0.2) is 24.5 Å². The van der Waals surface area contributed by atoms with Crippen LogP contribution >= 0.6 is 0 Å². The van der Waals surface area contributed by atoms with Crippen molar-refractivity contribution in [1.82, 2.24) is 10.3 Å². The summed E-state index contributed by atoms with van der Waals surface area (Å²) < 4.78 is 0. The molecule has 0 aliphatic carbocycles. The average molecular weight is 291 g/mol. The van der Waals surface area contributed by atoms with E-state index >= 15 is 0 Å². The molecule has 1 aromatic heterocycles. The van der Waals surface area contributed by atoms with Gasteiger partial charge >= 0.3 is 0 Å². The summed E-state index contributed by atoms with van der Waals surface area (Å²) in [5.74, 6) is 0.739. The summed E-state index contributed by atoms with van der Waals surface area (Å²) in [6.07, 6.45) is 11.8. The van der Waals surface area contributed by atoms with Gasteiger partial charge in [-0.15, -0.1) is 0 Å². The van der Waals surface area contributed by atoms with Gasteiger partial charge in [0.15, 0.2) is 0 Å². The molecule has 118 valence electrons. The maximum absolute atomic E-state index is 11.9. The number of carbonyl (C=O) groups is 1. The Kier molecular flexibility index (Phi) is 9.25. The van der Waals surface area contributed by atoms with Gasteiger partial charge in [-0.05, 0) is 18.6 Å². The normalized spacial score (nSPS) is 10.4. The lowest BCUT2D eigenvalue weighted by Crippen LogP contribution is -2.24. The molecule has 1 aromatic rings. The van der Waals surface area contributed by atoms with Crippen molar-refractivity contribution in [1.29, 1.82) is 0 Å². The Morgan fingerprint density at radius 1 is 1.05 bits per heavy atom. The molecule has 2 N–H and O–H groups in total. The standard InChI is InChI=1S/C17H29N3O/c1-3-4-5-6-7-8-9-10-13-19-17(21)15-11-12-16(18-2)20-14-15/h11-12,14H,3-10,13H2,1-2H3,(H,18,20)(H,19,21). The second-order valence-electron chi connectivity index (χ2n) is 5.41. The summed E-state index contributed by atoms with van der Waals surface area (Å²) in [6, 6.07) is 3.60. The third kappa shape index (κ3) is 7.69. The van der Waals surface area contributed by atoms with Crippen LogP contribution < -0.4 is 10.6 Å². The van der Waals surface area contributed by atoms with Crippen LogP contribution in [0.5, 0.6) is 0 Å². The summed E-state index contributed by atoms with van der Waals surface area (Å²) >= 11 is 0. The number of pyridine rings is 1. The molecule has 0 fully saturated rings. The van der Waals surface area contributed by atoms with Crippen LogP contribution in [0.25, 0.3) is 0 Å². The van der Waals surface area contributed by atoms with Crippen molar-refractivity contribution in [2.45, 2.75) is 58.3 Å². The quantitative estimate of drug-likeness (QED) is 0.606. The van der Waals surface area contributed by atoms with Crippen LogP contribution in [0.3, 0.4) is 0 Å². The van der Waals surface area contributed by atoms with Crippen LogP contribution in [0, 0.1) is 0 Å². The Bertz CT molecular complexity index is 390. The maximum atomic E-state index is 11.9. The number of nitrogens with one attached hydrogen (secondary N) is 2. The van der Waals surface area contributed by atoms with Gasteiger partial charge in [-0.1, -0.05) is 51.9 Å². The second-order valence-corrected chi connectivity index (χ2v) is 5.41. The highest BCUT2D eigenvalue weighted by atomic mass is 16.1. The molecular weight excluding hydrogens is 262 g/mol. The van der Waals surface area contributed by atoms with E-state index in [2.05, 4.69) is 22.5 Å². The van der Waals surface area contributed by atoms with Gasteiger partial charge in [0.1, 0.15) is 5.82 Å². The first-order chi connectivity index (χ1) is 10.3. The molecule has 4 heteroatoms. The number of nitrogens with zero attached hydrogens (tertiary/aromatic N) is 1. The zero-order valence-electron chi connectivity index (χ0n) is 13.5. The van der Waals surface area contributed by atoms with Gasteiger partial charge in [-0.3, -0.25) is 4.79 Å². The molecule has 1 heterocycles. The highest BCUT2D eigenvalue weighted by molar-refractivity contribution is 5.93. The Hall–Kier alpha value is -1.58.